The fourth-order valence-electron chi connectivity index (χ4n) is 2.29. The van der Waals surface area contributed by atoms with Crippen LogP contribution in [0.25, 0.3) is 0 Å². The van der Waals surface area contributed by atoms with Gasteiger partial charge in [0.25, 0.3) is 5.91 Å². The van der Waals surface area contributed by atoms with Crippen molar-refractivity contribution in [2.75, 3.05) is 20.2 Å². The first kappa shape index (κ1) is 22.4. The van der Waals surface area contributed by atoms with Gasteiger partial charge in [0.2, 0.25) is 0 Å². The molecule has 1 amide bonds. The lowest BCUT2D eigenvalue weighted by molar-refractivity contribution is -0.147. The highest BCUT2D eigenvalue weighted by molar-refractivity contribution is 6.29. The molecule has 1 heterocycles. The summed E-state index contributed by atoms with van der Waals surface area (Å²) in [6.45, 7) is 9.05. The van der Waals surface area contributed by atoms with Crippen molar-refractivity contribution in [1.82, 2.24) is 10.6 Å². The van der Waals surface area contributed by atoms with Crippen LogP contribution in [-0.2, 0) is 9.53 Å². The second-order valence-electron chi connectivity index (χ2n) is 5.68. The molecule has 0 spiro atoms. The average molecular weight is 377 g/mol. The van der Waals surface area contributed by atoms with Crippen LogP contribution < -0.4 is 10.6 Å². The normalized spacial score (nSPS) is 26.6. The van der Waals surface area contributed by atoms with Crippen molar-refractivity contribution in [3.05, 3.63) is 37.2 Å². The Balaban J connectivity index is 2.58. The molecule has 0 bridgehead atoms. The van der Waals surface area contributed by atoms with Crippen LogP contribution in [0.3, 0.4) is 0 Å². The minimum Gasteiger partial charge on any atom is -0.388 e. The number of rotatable bonds is 8. The lowest BCUT2D eigenvalue weighted by Gasteiger charge is -2.38. The number of amidine groups is 1. The van der Waals surface area contributed by atoms with Gasteiger partial charge in [-0.25, -0.2) is 4.99 Å². The number of carbonyl (C=O) groups excluding carboxylic acids is 1. The van der Waals surface area contributed by atoms with E-state index in [1.54, 1.807) is 20.0 Å². The fourth-order valence-corrected chi connectivity index (χ4v) is 2.29. The SMILES string of the molecule is C=C/N=C(\C=N/C)N[C@H]1CO[C@H](CNC(=O)C(=C)/C=N\C=C/C)[C@H](O)[C@@H]1O. The van der Waals surface area contributed by atoms with Gasteiger partial charge >= 0.3 is 0 Å². The van der Waals surface area contributed by atoms with Crippen LogP contribution >= 0.6 is 0 Å². The summed E-state index contributed by atoms with van der Waals surface area (Å²) in [7, 11) is 1.58. The lowest BCUT2D eigenvalue weighted by Crippen LogP contribution is -2.61. The highest BCUT2D eigenvalue weighted by Crippen LogP contribution is 2.15. The standard InChI is InChI=1S/C18H27N5O4/c1-5-7-20-8-12(3)18(26)22-9-14-17(25)16(24)13(11-27-14)23-15(10-19-4)21-6-2/h5-8,10,13-14,16-17,24-25H,2-3,9,11H2,1,4H3,(H,21,23)(H,22,26)/b7-5-,19-10-,20-8-/t13-,14+,16+,17-/m0/s1. The molecule has 1 rings (SSSR count). The van der Waals surface area contributed by atoms with Crippen LogP contribution in [0.4, 0.5) is 0 Å². The first-order valence-electron chi connectivity index (χ1n) is 8.41. The predicted molar refractivity (Wildman–Crippen MR) is 106 cm³/mol. The third-order valence-electron chi connectivity index (χ3n) is 3.67. The fraction of sp³-hybridized carbons (Fsp3) is 0.444. The Labute approximate surface area is 159 Å². The van der Waals surface area contributed by atoms with Gasteiger partial charge in [0, 0.05) is 32.2 Å². The van der Waals surface area contributed by atoms with E-state index in [0.717, 1.165) is 0 Å². The number of carbonyl (C=O) groups is 1. The summed E-state index contributed by atoms with van der Waals surface area (Å²) >= 11 is 0. The van der Waals surface area contributed by atoms with E-state index in [2.05, 4.69) is 38.8 Å². The summed E-state index contributed by atoms with van der Waals surface area (Å²) in [5.41, 5.74) is 0.169. The molecule has 0 aromatic carbocycles. The van der Waals surface area contributed by atoms with E-state index in [-0.39, 0.29) is 18.7 Å². The lowest BCUT2D eigenvalue weighted by atomic mass is 9.97. The topological polar surface area (TPSA) is 128 Å². The molecule has 0 radical (unpaired) electrons. The van der Waals surface area contributed by atoms with Crippen molar-refractivity contribution in [2.24, 2.45) is 15.0 Å². The summed E-state index contributed by atoms with van der Waals surface area (Å²) in [5.74, 6) is -0.0517. The van der Waals surface area contributed by atoms with Crippen LogP contribution in [0, 0.1) is 0 Å². The summed E-state index contributed by atoms with van der Waals surface area (Å²) in [5, 5.41) is 26.2. The number of aliphatic imine (C=N–C) groups is 3. The largest absolute Gasteiger partial charge is 0.388 e. The summed E-state index contributed by atoms with van der Waals surface area (Å²) < 4.78 is 5.57. The van der Waals surface area contributed by atoms with E-state index in [1.807, 2.05) is 0 Å². The van der Waals surface area contributed by atoms with E-state index >= 15 is 0 Å². The zero-order valence-electron chi connectivity index (χ0n) is 15.6. The smallest absolute Gasteiger partial charge is 0.252 e. The molecule has 0 aromatic heterocycles. The first-order chi connectivity index (χ1) is 12.9. The number of nitrogens with one attached hydrogen (secondary N) is 2. The first-order valence-corrected chi connectivity index (χ1v) is 8.41. The monoisotopic (exact) mass is 377 g/mol. The molecule has 0 aromatic rings. The zero-order valence-corrected chi connectivity index (χ0v) is 15.6. The molecular weight excluding hydrogens is 350 g/mol. The molecule has 27 heavy (non-hydrogen) atoms. The van der Waals surface area contributed by atoms with Crippen molar-refractivity contribution in [1.29, 1.82) is 0 Å². The van der Waals surface area contributed by atoms with Crippen LogP contribution in [0.1, 0.15) is 6.92 Å². The highest BCUT2D eigenvalue weighted by Gasteiger charge is 2.38. The van der Waals surface area contributed by atoms with E-state index < -0.39 is 30.3 Å². The Kier molecular flexibility index (Phi) is 9.88. The molecule has 9 heteroatoms. The second-order valence-corrected chi connectivity index (χ2v) is 5.68. The second kappa shape index (κ2) is 11.9. The maximum absolute atomic E-state index is 11.9. The van der Waals surface area contributed by atoms with E-state index in [9.17, 15) is 15.0 Å². The Morgan fingerprint density at radius 3 is 2.70 bits per heavy atom. The van der Waals surface area contributed by atoms with Gasteiger partial charge in [-0.3, -0.25) is 14.8 Å². The van der Waals surface area contributed by atoms with Gasteiger partial charge < -0.3 is 25.6 Å². The number of aliphatic hydroxyl groups is 2. The quantitative estimate of drug-likeness (QED) is 0.260. The maximum Gasteiger partial charge on any atom is 0.252 e. The minimum absolute atomic E-state index is 0.0181. The Hall–Kier alpha value is -2.62. The molecule has 148 valence electrons. The molecule has 4 atom stereocenters. The maximum atomic E-state index is 11.9. The van der Waals surface area contributed by atoms with Crippen molar-refractivity contribution in [3.8, 4) is 0 Å². The molecule has 9 nitrogen and oxygen atoms in total. The molecule has 0 aliphatic carbocycles. The van der Waals surface area contributed by atoms with Crippen molar-refractivity contribution in [3.63, 3.8) is 0 Å². The number of hydrogen-bond donors (Lipinski definition) is 4. The number of nitrogens with zero attached hydrogens (tertiary/aromatic N) is 3. The van der Waals surface area contributed by atoms with Crippen LogP contribution in [0.2, 0.25) is 0 Å². The van der Waals surface area contributed by atoms with Crippen LogP contribution in [0.15, 0.2) is 52.2 Å². The van der Waals surface area contributed by atoms with Crippen LogP contribution in [0.5, 0.6) is 0 Å². The van der Waals surface area contributed by atoms with E-state index in [1.165, 1.54) is 24.8 Å². The third kappa shape index (κ3) is 7.26. The number of aliphatic hydroxyl groups excluding tert-OH is 2. The van der Waals surface area contributed by atoms with Gasteiger partial charge in [-0.15, -0.1) is 0 Å². The Morgan fingerprint density at radius 1 is 1.33 bits per heavy atom. The molecule has 1 saturated heterocycles. The average Bonchev–Trinajstić information content (AvgIpc) is 2.65. The summed E-state index contributed by atoms with van der Waals surface area (Å²) in [4.78, 5) is 23.7. The third-order valence-corrected chi connectivity index (χ3v) is 3.67. The summed E-state index contributed by atoms with van der Waals surface area (Å²) in [6.07, 6.45) is 4.29. The van der Waals surface area contributed by atoms with Crippen molar-refractivity contribution >= 4 is 24.2 Å². The predicted octanol–water partition coefficient (Wildman–Crippen LogP) is -0.415. The zero-order chi connectivity index (χ0) is 20.2. The van der Waals surface area contributed by atoms with Gasteiger partial charge in [-0.1, -0.05) is 19.2 Å². The van der Waals surface area contributed by atoms with Gasteiger partial charge in [0.15, 0.2) is 0 Å². The van der Waals surface area contributed by atoms with E-state index in [0.29, 0.717) is 5.84 Å². The van der Waals surface area contributed by atoms with E-state index in [4.69, 9.17) is 4.74 Å². The van der Waals surface area contributed by atoms with Gasteiger partial charge in [0.05, 0.1) is 24.4 Å². The molecule has 0 saturated carbocycles. The van der Waals surface area contributed by atoms with Gasteiger partial charge in [-0.05, 0) is 6.92 Å². The summed E-state index contributed by atoms with van der Waals surface area (Å²) in [6, 6.07) is -0.591. The number of hydrogen-bond acceptors (Lipinski definition) is 7. The van der Waals surface area contributed by atoms with Crippen LogP contribution in [-0.4, -0.2) is 78.9 Å². The van der Waals surface area contributed by atoms with Crippen molar-refractivity contribution in [2.45, 2.75) is 31.3 Å². The molecule has 0 unspecified atom stereocenters. The molecular formula is C18H27N5O4. The highest BCUT2D eigenvalue weighted by atomic mass is 16.5. The number of allylic oxidation sites excluding steroid dienone is 1. The van der Waals surface area contributed by atoms with Gasteiger partial charge in [0.1, 0.15) is 24.1 Å². The molecule has 1 aliphatic heterocycles. The van der Waals surface area contributed by atoms with Gasteiger partial charge in [-0.2, -0.15) is 0 Å². The molecule has 1 fully saturated rings. The number of amides is 1. The molecule has 1 aliphatic rings. The number of ether oxygens (including phenoxy) is 1. The Morgan fingerprint density at radius 2 is 2.07 bits per heavy atom. The molecule has 4 N–H and O–H groups in total. The van der Waals surface area contributed by atoms with Crippen molar-refractivity contribution < 1.29 is 19.7 Å². The Bertz CT molecular complexity index is 642. The minimum atomic E-state index is -1.20.